The lowest BCUT2D eigenvalue weighted by Crippen LogP contribution is -2.53. The molecule has 0 spiro atoms. The van der Waals surface area contributed by atoms with Gasteiger partial charge < -0.3 is 5.32 Å². The molecule has 1 saturated carbocycles. The van der Waals surface area contributed by atoms with Crippen molar-refractivity contribution in [2.75, 3.05) is 9.80 Å². The van der Waals surface area contributed by atoms with E-state index in [2.05, 4.69) is 15.3 Å². The summed E-state index contributed by atoms with van der Waals surface area (Å²) in [6.45, 7) is 0. The number of halogens is 4. The molecule has 2 aliphatic rings. The first kappa shape index (κ1) is 31.4. The highest BCUT2D eigenvalue weighted by Gasteiger charge is 2.45. The molecule has 1 aromatic heterocycles. The van der Waals surface area contributed by atoms with Crippen molar-refractivity contribution in [3.8, 4) is 12.1 Å². The van der Waals surface area contributed by atoms with E-state index in [0.717, 1.165) is 21.9 Å². The SMILES string of the molecule is N#Cc1cc(F)cc(N(C(=O)C2CCC(=O)N2c2nccc(C#N)n2)[C@H](C(=O)NC2CCC(F)(F)CC2)c2ccccc2Cl)c1. The Balaban J connectivity index is 1.64. The summed E-state index contributed by atoms with van der Waals surface area (Å²) in [6, 6.07) is 10.8. The molecule has 1 unspecified atom stereocenters. The van der Waals surface area contributed by atoms with Gasteiger partial charge in [0.05, 0.1) is 11.6 Å². The van der Waals surface area contributed by atoms with E-state index in [1.807, 2.05) is 12.1 Å². The standard InChI is InChI=1S/C31H25ClF3N7O3/c32-24-4-2-1-3-23(24)27(28(44)39-20-7-10-31(34,35)11-8-20)41(22-14-18(16-36)13-19(33)15-22)29(45)25-5-6-26(43)42(25)30-38-12-9-21(17-37)40-30/h1-4,9,12-15,20,25,27H,5-8,10-11H2,(H,39,44)/t25?,27-/m0/s1. The van der Waals surface area contributed by atoms with Gasteiger partial charge in [-0.1, -0.05) is 29.8 Å². The van der Waals surface area contributed by atoms with Crippen LogP contribution in [0.15, 0.2) is 54.7 Å². The van der Waals surface area contributed by atoms with Crippen molar-refractivity contribution in [2.45, 2.75) is 62.6 Å². The molecule has 2 atom stereocenters. The molecule has 0 bridgehead atoms. The predicted octanol–water partition coefficient (Wildman–Crippen LogP) is 4.98. The van der Waals surface area contributed by atoms with Gasteiger partial charge in [0.1, 0.15) is 29.7 Å². The summed E-state index contributed by atoms with van der Waals surface area (Å²) in [5, 5.41) is 21.8. The number of nitriles is 2. The summed E-state index contributed by atoms with van der Waals surface area (Å²) in [5.41, 5.74) is -0.261. The lowest BCUT2D eigenvalue weighted by molar-refractivity contribution is -0.128. The topological polar surface area (TPSA) is 143 Å². The Kier molecular flexibility index (Phi) is 9.02. The zero-order valence-corrected chi connectivity index (χ0v) is 24.3. The third-order valence-electron chi connectivity index (χ3n) is 7.77. The lowest BCUT2D eigenvalue weighted by atomic mass is 9.91. The molecule has 3 aromatic rings. The van der Waals surface area contributed by atoms with Crippen molar-refractivity contribution >= 4 is 41.0 Å². The number of alkyl halides is 2. The number of carbonyl (C=O) groups excluding carboxylic acids is 3. The van der Waals surface area contributed by atoms with Crippen LogP contribution in [0.3, 0.4) is 0 Å². The van der Waals surface area contributed by atoms with Gasteiger partial charge in [-0.15, -0.1) is 0 Å². The molecule has 1 N–H and O–H groups in total. The van der Waals surface area contributed by atoms with Crippen molar-refractivity contribution in [1.82, 2.24) is 15.3 Å². The number of hydrogen-bond acceptors (Lipinski definition) is 7. The fourth-order valence-electron chi connectivity index (χ4n) is 5.60. The van der Waals surface area contributed by atoms with E-state index in [4.69, 9.17) is 11.6 Å². The molecule has 2 aromatic carbocycles. The van der Waals surface area contributed by atoms with E-state index >= 15 is 0 Å². The minimum Gasteiger partial charge on any atom is -0.351 e. The predicted molar refractivity (Wildman–Crippen MR) is 155 cm³/mol. The van der Waals surface area contributed by atoms with Crippen LogP contribution in [-0.2, 0) is 14.4 Å². The largest absolute Gasteiger partial charge is 0.351 e. The van der Waals surface area contributed by atoms with Gasteiger partial charge >= 0.3 is 0 Å². The van der Waals surface area contributed by atoms with Crippen LogP contribution < -0.4 is 15.1 Å². The molecular weight excluding hydrogens is 611 g/mol. The minimum absolute atomic E-state index is 0.0159. The molecule has 1 aliphatic heterocycles. The maximum atomic E-state index is 14.9. The quantitative estimate of drug-likeness (QED) is 0.386. The van der Waals surface area contributed by atoms with Crippen LogP contribution >= 0.6 is 11.6 Å². The first-order valence-electron chi connectivity index (χ1n) is 14.0. The molecule has 45 heavy (non-hydrogen) atoms. The number of nitrogens with zero attached hydrogens (tertiary/aromatic N) is 6. The number of benzene rings is 2. The van der Waals surface area contributed by atoms with Crippen LogP contribution in [0.5, 0.6) is 0 Å². The number of aromatic nitrogens is 2. The Labute approximate surface area is 261 Å². The summed E-state index contributed by atoms with van der Waals surface area (Å²) < 4.78 is 42.7. The fraction of sp³-hybridized carbons (Fsp3) is 0.323. The maximum absolute atomic E-state index is 14.9. The van der Waals surface area contributed by atoms with Crippen molar-refractivity contribution in [1.29, 1.82) is 10.5 Å². The van der Waals surface area contributed by atoms with E-state index < -0.39 is 60.4 Å². The van der Waals surface area contributed by atoms with Crippen molar-refractivity contribution in [2.24, 2.45) is 0 Å². The summed E-state index contributed by atoms with van der Waals surface area (Å²) in [4.78, 5) is 52.0. The second-order valence-electron chi connectivity index (χ2n) is 10.8. The molecule has 14 heteroatoms. The van der Waals surface area contributed by atoms with E-state index in [1.54, 1.807) is 12.1 Å². The summed E-state index contributed by atoms with van der Waals surface area (Å²) in [5.74, 6) is -6.11. The van der Waals surface area contributed by atoms with Crippen molar-refractivity contribution in [3.63, 3.8) is 0 Å². The van der Waals surface area contributed by atoms with E-state index in [9.17, 15) is 38.1 Å². The molecule has 1 aliphatic carbocycles. The monoisotopic (exact) mass is 635 g/mol. The molecular formula is C31H25ClF3N7O3. The minimum atomic E-state index is -2.86. The number of anilines is 2. The van der Waals surface area contributed by atoms with Crippen molar-refractivity contribution < 1.29 is 27.6 Å². The average molecular weight is 636 g/mol. The normalized spacial score (nSPS) is 18.5. The van der Waals surface area contributed by atoms with Gasteiger partial charge in [-0.3, -0.25) is 24.2 Å². The Bertz CT molecular complexity index is 1730. The van der Waals surface area contributed by atoms with Crippen LogP contribution in [0.2, 0.25) is 5.02 Å². The van der Waals surface area contributed by atoms with Gasteiger partial charge in [0.25, 0.3) is 5.91 Å². The summed E-state index contributed by atoms with van der Waals surface area (Å²) >= 11 is 6.55. The highest BCUT2D eigenvalue weighted by Crippen LogP contribution is 2.38. The first-order valence-corrected chi connectivity index (χ1v) is 14.4. The van der Waals surface area contributed by atoms with Gasteiger partial charge in [0.2, 0.25) is 23.7 Å². The summed E-state index contributed by atoms with van der Waals surface area (Å²) in [7, 11) is 0. The zero-order valence-electron chi connectivity index (χ0n) is 23.6. The van der Waals surface area contributed by atoms with Crippen LogP contribution in [0, 0.1) is 28.5 Å². The molecule has 10 nitrogen and oxygen atoms in total. The molecule has 2 fully saturated rings. The third kappa shape index (κ3) is 6.74. The Morgan fingerprint density at radius 2 is 1.82 bits per heavy atom. The van der Waals surface area contributed by atoms with E-state index in [0.29, 0.717) is 0 Å². The van der Waals surface area contributed by atoms with E-state index in [-0.39, 0.29) is 59.2 Å². The number of hydrogen-bond donors (Lipinski definition) is 1. The number of amides is 3. The molecule has 230 valence electrons. The number of carbonyl (C=O) groups is 3. The molecule has 0 radical (unpaired) electrons. The molecule has 5 rings (SSSR count). The number of rotatable bonds is 7. The highest BCUT2D eigenvalue weighted by molar-refractivity contribution is 6.31. The second-order valence-corrected chi connectivity index (χ2v) is 11.2. The van der Waals surface area contributed by atoms with Crippen molar-refractivity contribution in [3.05, 3.63) is 82.4 Å². The smallest absolute Gasteiger partial charge is 0.251 e. The molecule has 3 amide bonds. The molecule has 1 saturated heterocycles. The van der Waals surface area contributed by atoms with Crippen LogP contribution in [0.1, 0.15) is 61.4 Å². The highest BCUT2D eigenvalue weighted by atomic mass is 35.5. The first-order chi connectivity index (χ1) is 21.5. The number of nitrogens with one attached hydrogen (secondary N) is 1. The van der Waals surface area contributed by atoms with Gasteiger partial charge in [-0.25, -0.2) is 23.1 Å². The van der Waals surface area contributed by atoms with Crippen LogP contribution in [-0.4, -0.2) is 45.7 Å². The Morgan fingerprint density at radius 3 is 2.51 bits per heavy atom. The van der Waals surface area contributed by atoms with Crippen LogP contribution in [0.25, 0.3) is 0 Å². The van der Waals surface area contributed by atoms with Gasteiger partial charge in [0.15, 0.2) is 0 Å². The second kappa shape index (κ2) is 12.9. The lowest BCUT2D eigenvalue weighted by Gasteiger charge is -2.37. The Morgan fingerprint density at radius 1 is 1.09 bits per heavy atom. The third-order valence-corrected chi connectivity index (χ3v) is 8.11. The zero-order chi connectivity index (χ0) is 32.3. The average Bonchev–Trinajstić information content (AvgIpc) is 3.41. The Hall–Kier alpha value is -5.01. The van der Waals surface area contributed by atoms with E-state index in [1.165, 1.54) is 30.5 Å². The summed E-state index contributed by atoms with van der Waals surface area (Å²) in [6.07, 6.45) is 0.210. The van der Waals surface area contributed by atoms with Gasteiger partial charge in [-0.2, -0.15) is 10.5 Å². The van der Waals surface area contributed by atoms with Gasteiger partial charge in [-0.05, 0) is 49.6 Å². The fourth-order valence-corrected chi connectivity index (χ4v) is 5.84. The van der Waals surface area contributed by atoms with Gasteiger partial charge in [0, 0.05) is 47.8 Å². The van der Waals surface area contributed by atoms with Crippen LogP contribution in [0.4, 0.5) is 24.8 Å². The maximum Gasteiger partial charge on any atom is 0.251 e. The molecule has 2 heterocycles.